The Morgan fingerprint density at radius 3 is 2.14 bits per heavy atom. The predicted molar refractivity (Wildman–Crippen MR) is 95.5 cm³/mol. The standard InChI is InChI=1S/C18H14INO/c19-15-12-14(13-6-2-1-3-7-13)10-11-17(15)21-18-9-5-4-8-16(18)20/h1-12H,20H2. The maximum atomic E-state index is 5.91. The van der Waals surface area contributed by atoms with Crippen molar-refractivity contribution in [3.05, 3.63) is 76.4 Å². The summed E-state index contributed by atoms with van der Waals surface area (Å²) in [6.07, 6.45) is 0. The highest BCUT2D eigenvalue weighted by atomic mass is 127. The quantitative estimate of drug-likeness (QED) is 0.487. The summed E-state index contributed by atoms with van der Waals surface area (Å²) < 4.78 is 6.95. The molecule has 0 spiro atoms. The van der Waals surface area contributed by atoms with Crippen LogP contribution in [0.4, 0.5) is 5.69 Å². The summed E-state index contributed by atoms with van der Waals surface area (Å²) in [5, 5.41) is 0. The van der Waals surface area contributed by atoms with Gasteiger partial charge in [0, 0.05) is 0 Å². The van der Waals surface area contributed by atoms with E-state index >= 15 is 0 Å². The second-order valence-electron chi connectivity index (χ2n) is 4.65. The molecule has 0 unspecified atom stereocenters. The fourth-order valence-corrected chi connectivity index (χ4v) is 2.71. The van der Waals surface area contributed by atoms with Crippen LogP contribution in [0.25, 0.3) is 11.1 Å². The summed E-state index contributed by atoms with van der Waals surface area (Å²) in [5.41, 5.74) is 8.92. The first-order valence-corrected chi connectivity index (χ1v) is 7.69. The molecule has 3 aromatic rings. The molecule has 0 atom stereocenters. The second kappa shape index (κ2) is 6.18. The average molecular weight is 387 g/mol. The SMILES string of the molecule is Nc1ccccc1Oc1ccc(-c2ccccc2)cc1I. The van der Waals surface area contributed by atoms with E-state index in [2.05, 4.69) is 46.9 Å². The topological polar surface area (TPSA) is 35.2 Å². The van der Waals surface area contributed by atoms with Crippen LogP contribution >= 0.6 is 22.6 Å². The summed E-state index contributed by atoms with van der Waals surface area (Å²) in [6, 6.07) is 24.0. The number of hydrogen-bond donors (Lipinski definition) is 1. The lowest BCUT2D eigenvalue weighted by Gasteiger charge is -2.11. The summed E-state index contributed by atoms with van der Waals surface area (Å²) >= 11 is 2.29. The molecular formula is C18H14INO. The molecule has 2 nitrogen and oxygen atoms in total. The van der Waals surface area contributed by atoms with Gasteiger partial charge in [0.25, 0.3) is 0 Å². The first-order chi connectivity index (χ1) is 10.2. The molecule has 2 N–H and O–H groups in total. The Morgan fingerprint density at radius 1 is 0.714 bits per heavy atom. The summed E-state index contributed by atoms with van der Waals surface area (Å²) in [6.45, 7) is 0. The van der Waals surface area contributed by atoms with Gasteiger partial charge >= 0.3 is 0 Å². The van der Waals surface area contributed by atoms with E-state index in [1.807, 2.05) is 48.5 Å². The lowest BCUT2D eigenvalue weighted by Crippen LogP contribution is -1.93. The van der Waals surface area contributed by atoms with Crippen LogP contribution in [0.5, 0.6) is 11.5 Å². The molecule has 3 rings (SSSR count). The molecule has 0 saturated carbocycles. The maximum absolute atomic E-state index is 5.91. The highest BCUT2D eigenvalue weighted by molar-refractivity contribution is 14.1. The van der Waals surface area contributed by atoms with Crippen molar-refractivity contribution in [1.29, 1.82) is 0 Å². The van der Waals surface area contributed by atoms with Crippen LogP contribution in [0, 0.1) is 3.57 Å². The molecule has 0 aliphatic carbocycles. The predicted octanol–water partition coefficient (Wildman–Crippen LogP) is 5.33. The van der Waals surface area contributed by atoms with E-state index in [1.165, 1.54) is 11.1 Å². The molecule has 0 bridgehead atoms. The Morgan fingerprint density at radius 2 is 1.43 bits per heavy atom. The van der Waals surface area contributed by atoms with Crippen LogP contribution in [0.3, 0.4) is 0 Å². The van der Waals surface area contributed by atoms with E-state index in [0.717, 1.165) is 9.32 Å². The van der Waals surface area contributed by atoms with Crippen LogP contribution in [0.15, 0.2) is 72.8 Å². The van der Waals surface area contributed by atoms with Crippen molar-refractivity contribution in [2.24, 2.45) is 0 Å². The van der Waals surface area contributed by atoms with Gasteiger partial charge in [-0.25, -0.2) is 0 Å². The van der Waals surface area contributed by atoms with Crippen molar-refractivity contribution in [3.8, 4) is 22.6 Å². The number of nitrogens with two attached hydrogens (primary N) is 1. The minimum Gasteiger partial charge on any atom is -0.454 e. The zero-order chi connectivity index (χ0) is 14.7. The van der Waals surface area contributed by atoms with Gasteiger partial charge in [0.15, 0.2) is 0 Å². The highest BCUT2D eigenvalue weighted by Gasteiger charge is 2.07. The molecule has 3 aromatic carbocycles. The molecule has 0 aromatic heterocycles. The van der Waals surface area contributed by atoms with Gasteiger partial charge in [-0.05, 0) is 58.0 Å². The Hall–Kier alpha value is -2.01. The molecule has 0 saturated heterocycles. The van der Waals surface area contributed by atoms with E-state index in [9.17, 15) is 0 Å². The maximum Gasteiger partial charge on any atom is 0.150 e. The molecule has 104 valence electrons. The van der Waals surface area contributed by atoms with Crippen molar-refractivity contribution in [2.45, 2.75) is 0 Å². The Labute approximate surface area is 137 Å². The van der Waals surface area contributed by atoms with Gasteiger partial charge < -0.3 is 10.5 Å². The van der Waals surface area contributed by atoms with Crippen molar-refractivity contribution >= 4 is 28.3 Å². The number of nitrogen functional groups attached to an aromatic ring is 1. The van der Waals surface area contributed by atoms with E-state index in [1.54, 1.807) is 0 Å². The van der Waals surface area contributed by atoms with Crippen molar-refractivity contribution in [2.75, 3.05) is 5.73 Å². The van der Waals surface area contributed by atoms with E-state index in [-0.39, 0.29) is 0 Å². The molecule has 0 amide bonds. The third-order valence-electron chi connectivity index (χ3n) is 3.18. The van der Waals surface area contributed by atoms with Crippen LogP contribution in [-0.2, 0) is 0 Å². The summed E-state index contributed by atoms with van der Waals surface area (Å²) in [4.78, 5) is 0. The van der Waals surface area contributed by atoms with Crippen molar-refractivity contribution < 1.29 is 4.74 Å². The second-order valence-corrected chi connectivity index (χ2v) is 5.81. The van der Waals surface area contributed by atoms with Gasteiger partial charge in [-0.15, -0.1) is 0 Å². The third-order valence-corrected chi connectivity index (χ3v) is 4.02. The number of anilines is 1. The first kappa shape index (κ1) is 13.9. The van der Waals surface area contributed by atoms with Gasteiger partial charge in [-0.1, -0.05) is 48.5 Å². The van der Waals surface area contributed by atoms with Gasteiger partial charge in [-0.3, -0.25) is 0 Å². The van der Waals surface area contributed by atoms with Crippen LogP contribution in [0.2, 0.25) is 0 Å². The number of benzene rings is 3. The largest absolute Gasteiger partial charge is 0.454 e. The number of ether oxygens (including phenoxy) is 1. The monoisotopic (exact) mass is 387 g/mol. The number of para-hydroxylation sites is 2. The fourth-order valence-electron chi connectivity index (χ4n) is 2.09. The molecule has 0 aliphatic heterocycles. The average Bonchev–Trinajstić information content (AvgIpc) is 2.52. The number of hydrogen-bond acceptors (Lipinski definition) is 2. The van der Waals surface area contributed by atoms with Crippen molar-refractivity contribution in [3.63, 3.8) is 0 Å². The highest BCUT2D eigenvalue weighted by Crippen LogP contribution is 2.33. The molecule has 0 aliphatic rings. The first-order valence-electron chi connectivity index (χ1n) is 6.61. The summed E-state index contributed by atoms with van der Waals surface area (Å²) in [7, 11) is 0. The smallest absolute Gasteiger partial charge is 0.150 e. The zero-order valence-electron chi connectivity index (χ0n) is 11.3. The minimum atomic E-state index is 0.639. The Balaban J connectivity index is 1.90. The molecule has 0 radical (unpaired) electrons. The normalized spacial score (nSPS) is 10.3. The third kappa shape index (κ3) is 3.19. The van der Waals surface area contributed by atoms with Crippen LogP contribution in [0.1, 0.15) is 0 Å². The van der Waals surface area contributed by atoms with Gasteiger partial charge in [0.05, 0.1) is 9.26 Å². The number of rotatable bonds is 3. The van der Waals surface area contributed by atoms with Crippen molar-refractivity contribution in [1.82, 2.24) is 0 Å². The lowest BCUT2D eigenvalue weighted by atomic mass is 10.1. The molecule has 0 fully saturated rings. The zero-order valence-corrected chi connectivity index (χ0v) is 13.4. The fraction of sp³-hybridized carbons (Fsp3) is 0. The van der Waals surface area contributed by atoms with E-state index in [0.29, 0.717) is 11.4 Å². The van der Waals surface area contributed by atoms with E-state index < -0.39 is 0 Å². The molecular weight excluding hydrogens is 373 g/mol. The summed E-state index contributed by atoms with van der Waals surface area (Å²) in [5.74, 6) is 1.50. The van der Waals surface area contributed by atoms with Gasteiger partial charge in [0.1, 0.15) is 11.5 Å². The minimum absolute atomic E-state index is 0.639. The van der Waals surface area contributed by atoms with Crippen LogP contribution < -0.4 is 10.5 Å². The van der Waals surface area contributed by atoms with E-state index in [4.69, 9.17) is 10.5 Å². The lowest BCUT2D eigenvalue weighted by molar-refractivity contribution is 0.482. The van der Waals surface area contributed by atoms with Gasteiger partial charge in [0.2, 0.25) is 0 Å². The number of halogens is 1. The van der Waals surface area contributed by atoms with Gasteiger partial charge in [-0.2, -0.15) is 0 Å². The Bertz CT molecular complexity index is 756. The molecule has 3 heteroatoms. The molecule has 0 heterocycles. The molecule has 21 heavy (non-hydrogen) atoms. The van der Waals surface area contributed by atoms with Crippen LogP contribution in [-0.4, -0.2) is 0 Å². The Kier molecular flexibility index (Phi) is 4.10.